The smallest absolute Gasteiger partial charge is 0.269 e. The molecule has 1 aliphatic rings. The molecule has 3 aromatic rings. The van der Waals surface area contributed by atoms with Gasteiger partial charge in [0.05, 0.1) is 5.56 Å². The summed E-state index contributed by atoms with van der Waals surface area (Å²) >= 11 is 1.27. The van der Waals surface area contributed by atoms with Gasteiger partial charge in [0, 0.05) is 24.7 Å². The van der Waals surface area contributed by atoms with Crippen LogP contribution in [0, 0.1) is 5.92 Å². The van der Waals surface area contributed by atoms with E-state index in [0.29, 0.717) is 27.3 Å². The molecule has 7 heteroatoms. The maximum Gasteiger partial charge on any atom is 0.269 e. The highest BCUT2D eigenvalue weighted by atomic mass is 32.1. The number of carbonyl (C=O) groups excluding carboxylic acids is 1. The van der Waals surface area contributed by atoms with Gasteiger partial charge in [-0.15, -0.1) is 11.3 Å². The molecule has 1 aliphatic heterocycles. The van der Waals surface area contributed by atoms with E-state index in [1.165, 1.54) is 24.2 Å². The van der Waals surface area contributed by atoms with Crippen molar-refractivity contribution in [3.05, 3.63) is 45.7 Å². The van der Waals surface area contributed by atoms with Gasteiger partial charge in [-0.2, -0.15) is 0 Å². The number of hydrogen-bond acceptors (Lipinski definition) is 5. The van der Waals surface area contributed by atoms with Crippen LogP contribution in [-0.4, -0.2) is 38.8 Å². The average molecular weight is 382 g/mol. The molecule has 1 N–H and O–H groups in total. The number of amides is 1. The molecule has 3 aromatic heterocycles. The van der Waals surface area contributed by atoms with Gasteiger partial charge in [0.25, 0.3) is 11.5 Å². The van der Waals surface area contributed by atoms with Crippen LogP contribution in [0.3, 0.4) is 0 Å². The van der Waals surface area contributed by atoms with Gasteiger partial charge in [-0.3, -0.25) is 14.6 Å². The Labute approximate surface area is 161 Å². The van der Waals surface area contributed by atoms with Crippen molar-refractivity contribution in [2.75, 3.05) is 13.1 Å². The Balaban J connectivity index is 1.65. The molecular weight excluding hydrogens is 360 g/mol. The monoisotopic (exact) mass is 382 g/mol. The van der Waals surface area contributed by atoms with E-state index in [9.17, 15) is 9.59 Å². The van der Waals surface area contributed by atoms with Gasteiger partial charge in [-0.05, 0) is 30.9 Å². The highest BCUT2D eigenvalue weighted by molar-refractivity contribution is 7.17. The minimum Gasteiger partial charge on any atom is -0.339 e. The highest BCUT2D eigenvalue weighted by Crippen LogP contribution is 2.27. The molecular formula is C20H22N4O2S. The molecule has 140 valence electrons. The lowest BCUT2D eigenvalue weighted by Gasteiger charge is -2.31. The summed E-state index contributed by atoms with van der Waals surface area (Å²) in [5, 5.41) is 1.76. The van der Waals surface area contributed by atoms with Crippen LogP contribution in [0.25, 0.3) is 21.7 Å². The molecule has 1 fully saturated rings. The number of thiophene rings is 1. The summed E-state index contributed by atoms with van der Waals surface area (Å²) in [6.45, 7) is 3.76. The fourth-order valence-electron chi connectivity index (χ4n) is 3.71. The van der Waals surface area contributed by atoms with Crippen molar-refractivity contribution in [2.45, 2.75) is 32.6 Å². The van der Waals surface area contributed by atoms with E-state index in [4.69, 9.17) is 0 Å². The molecule has 0 aromatic carbocycles. The Hall–Kier alpha value is -2.54. The average Bonchev–Trinajstić information content (AvgIpc) is 3.13. The third-order valence-corrected chi connectivity index (χ3v) is 6.13. The number of aromatic amines is 1. The number of fused-ring (bicyclic) bond motifs is 1. The standard InChI is InChI=1S/C20H22N4O2S/c1-2-5-13-7-10-24(11-8-13)20(26)14-12-27-17-16(14)22-18(23-19(17)25)15-6-3-4-9-21-15/h3-4,6,9,12-13H,2,5,7-8,10-11H2,1H3,(H,22,23,25). The Kier molecular flexibility index (Phi) is 5.03. The van der Waals surface area contributed by atoms with Gasteiger partial charge in [0.2, 0.25) is 0 Å². The Bertz CT molecular complexity index is 1000. The number of pyridine rings is 1. The van der Waals surface area contributed by atoms with Crippen LogP contribution >= 0.6 is 11.3 Å². The number of rotatable bonds is 4. The van der Waals surface area contributed by atoms with Gasteiger partial charge in [0.15, 0.2) is 5.82 Å². The summed E-state index contributed by atoms with van der Waals surface area (Å²) in [6.07, 6.45) is 6.17. The largest absolute Gasteiger partial charge is 0.339 e. The lowest BCUT2D eigenvalue weighted by molar-refractivity contribution is 0.0689. The fourth-order valence-corrected chi connectivity index (χ4v) is 4.58. The number of nitrogens with zero attached hydrogens (tertiary/aromatic N) is 3. The summed E-state index contributed by atoms with van der Waals surface area (Å²) < 4.78 is 0.485. The Morgan fingerprint density at radius 3 is 2.85 bits per heavy atom. The van der Waals surface area contributed by atoms with Crippen molar-refractivity contribution >= 4 is 27.5 Å². The molecule has 0 atom stereocenters. The Morgan fingerprint density at radius 2 is 2.15 bits per heavy atom. The van der Waals surface area contributed by atoms with Crippen molar-refractivity contribution in [1.82, 2.24) is 19.9 Å². The van der Waals surface area contributed by atoms with E-state index in [1.807, 2.05) is 17.0 Å². The first kappa shape index (κ1) is 17.9. The quantitative estimate of drug-likeness (QED) is 0.746. The first-order chi connectivity index (χ1) is 13.2. The molecule has 4 heterocycles. The van der Waals surface area contributed by atoms with Crippen molar-refractivity contribution in [2.24, 2.45) is 5.92 Å². The van der Waals surface area contributed by atoms with Crippen LogP contribution in [0.5, 0.6) is 0 Å². The van der Waals surface area contributed by atoms with Crippen molar-refractivity contribution in [3.63, 3.8) is 0 Å². The van der Waals surface area contributed by atoms with E-state index in [0.717, 1.165) is 31.8 Å². The van der Waals surface area contributed by atoms with E-state index in [-0.39, 0.29) is 11.5 Å². The molecule has 0 saturated carbocycles. The molecule has 0 unspecified atom stereocenters. The third-order valence-electron chi connectivity index (χ3n) is 5.16. The minimum atomic E-state index is -0.230. The second-order valence-corrected chi connectivity index (χ2v) is 7.86. The summed E-state index contributed by atoms with van der Waals surface area (Å²) in [7, 11) is 0. The van der Waals surface area contributed by atoms with Gasteiger partial charge in [-0.25, -0.2) is 4.98 Å². The number of nitrogens with one attached hydrogen (secondary N) is 1. The summed E-state index contributed by atoms with van der Waals surface area (Å²) in [5.74, 6) is 1.08. The van der Waals surface area contributed by atoms with Crippen LogP contribution in [-0.2, 0) is 0 Å². The van der Waals surface area contributed by atoms with Crippen LogP contribution in [0.2, 0.25) is 0 Å². The van der Waals surface area contributed by atoms with E-state index in [1.54, 1.807) is 17.6 Å². The molecule has 27 heavy (non-hydrogen) atoms. The number of piperidine rings is 1. The molecule has 0 aliphatic carbocycles. The summed E-state index contributed by atoms with van der Waals surface area (Å²) in [4.78, 5) is 39.0. The highest BCUT2D eigenvalue weighted by Gasteiger charge is 2.26. The van der Waals surface area contributed by atoms with Crippen LogP contribution in [0.4, 0.5) is 0 Å². The summed E-state index contributed by atoms with van der Waals surface area (Å²) in [6, 6.07) is 5.44. The molecule has 0 radical (unpaired) electrons. The zero-order valence-corrected chi connectivity index (χ0v) is 16.1. The van der Waals surface area contributed by atoms with Gasteiger partial charge >= 0.3 is 0 Å². The molecule has 4 rings (SSSR count). The van der Waals surface area contributed by atoms with E-state index in [2.05, 4.69) is 21.9 Å². The van der Waals surface area contributed by atoms with E-state index < -0.39 is 0 Å². The van der Waals surface area contributed by atoms with Crippen molar-refractivity contribution in [3.8, 4) is 11.5 Å². The Morgan fingerprint density at radius 1 is 1.33 bits per heavy atom. The molecule has 1 saturated heterocycles. The zero-order valence-electron chi connectivity index (χ0n) is 15.3. The molecule has 0 spiro atoms. The number of aromatic nitrogens is 3. The topological polar surface area (TPSA) is 79.0 Å². The first-order valence-electron chi connectivity index (χ1n) is 9.39. The minimum absolute atomic E-state index is 0.0266. The maximum atomic E-state index is 13.1. The van der Waals surface area contributed by atoms with Crippen molar-refractivity contribution in [1.29, 1.82) is 0 Å². The first-order valence-corrected chi connectivity index (χ1v) is 10.3. The fraction of sp³-hybridized carbons (Fsp3) is 0.400. The number of hydrogen-bond donors (Lipinski definition) is 1. The molecule has 1 amide bonds. The zero-order chi connectivity index (χ0) is 18.8. The van der Waals surface area contributed by atoms with Crippen LogP contribution in [0.1, 0.15) is 43.0 Å². The second kappa shape index (κ2) is 7.60. The lowest BCUT2D eigenvalue weighted by Crippen LogP contribution is -2.38. The number of H-pyrrole nitrogens is 1. The number of carbonyl (C=O) groups is 1. The van der Waals surface area contributed by atoms with Gasteiger partial charge in [0.1, 0.15) is 15.9 Å². The third kappa shape index (κ3) is 3.51. The van der Waals surface area contributed by atoms with Crippen molar-refractivity contribution < 1.29 is 4.79 Å². The number of likely N-dealkylation sites (tertiary alicyclic amines) is 1. The predicted molar refractivity (Wildman–Crippen MR) is 107 cm³/mol. The lowest BCUT2D eigenvalue weighted by atomic mass is 9.92. The van der Waals surface area contributed by atoms with Crippen LogP contribution < -0.4 is 5.56 Å². The molecule has 0 bridgehead atoms. The normalized spacial score (nSPS) is 15.4. The summed E-state index contributed by atoms with van der Waals surface area (Å²) in [5.41, 5.74) is 1.35. The van der Waals surface area contributed by atoms with Gasteiger partial charge in [-0.1, -0.05) is 25.8 Å². The van der Waals surface area contributed by atoms with Crippen LogP contribution in [0.15, 0.2) is 34.6 Å². The molecule has 6 nitrogen and oxygen atoms in total. The maximum absolute atomic E-state index is 13.1. The SMILES string of the molecule is CCCC1CCN(C(=O)c2csc3c(=O)[nH]c(-c4ccccn4)nc23)CC1. The van der Waals surface area contributed by atoms with E-state index >= 15 is 0 Å². The van der Waals surface area contributed by atoms with Gasteiger partial charge < -0.3 is 9.88 Å². The second-order valence-electron chi connectivity index (χ2n) is 6.98. The predicted octanol–water partition coefficient (Wildman–Crippen LogP) is 3.70.